The van der Waals surface area contributed by atoms with Crippen LogP contribution in [0.2, 0.25) is 0 Å². The average Bonchev–Trinajstić information content (AvgIpc) is 2.38. The summed E-state index contributed by atoms with van der Waals surface area (Å²) in [7, 11) is 0. The van der Waals surface area contributed by atoms with Crippen LogP contribution in [0.3, 0.4) is 0 Å². The fraction of sp³-hybridized carbons (Fsp3) is 0.0714. The number of rotatable bonds is 4. The molecule has 0 N–H and O–H groups in total. The van der Waals surface area contributed by atoms with E-state index in [9.17, 15) is 9.18 Å². The van der Waals surface area contributed by atoms with Gasteiger partial charge in [-0.25, -0.2) is 4.39 Å². The zero-order valence-electron chi connectivity index (χ0n) is 9.10. The molecule has 0 saturated carbocycles. The molecule has 3 heteroatoms. The quantitative estimate of drug-likeness (QED) is 0.600. The van der Waals surface area contributed by atoms with E-state index in [1.807, 2.05) is 30.3 Å². The van der Waals surface area contributed by atoms with E-state index in [2.05, 4.69) is 0 Å². The summed E-state index contributed by atoms with van der Waals surface area (Å²) in [4.78, 5) is 11.2. The van der Waals surface area contributed by atoms with Crippen LogP contribution in [-0.4, -0.2) is 6.29 Å². The first-order valence-electron chi connectivity index (χ1n) is 5.21. The van der Waals surface area contributed by atoms with E-state index >= 15 is 0 Å². The van der Waals surface area contributed by atoms with E-state index in [4.69, 9.17) is 0 Å². The molecule has 2 rings (SSSR count). The second kappa shape index (κ2) is 5.64. The second-order valence-electron chi connectivity index (χ2n) is 3.55. The van der Waals surface area contributed by atoms with E-state index < -0.39 is 0 Å². The largest absolute Gasteiger partial charge is 0.298 e. The van der Waals surface area contributed by atoms with Gasteiger partial charge < -0.3 is 0 Å². The summed E-state index contributed by atoms with van der Waals surface area (Å²) in [6.45, 7) is 0. The molecule has 0 amide bonds. The first-order valence-corrected chi connectivity index (χ1v) is 6.20. The lowest BCUT2D eigenvalue weighted by Gasteiger charge is -2.05. The van der Waals surface area contributed by atoms with Crippen molar-refractivity contribution in [2.75, 3.05) is 0 Å². The van der Waals surface area contributed by atoms with Crippen molar-refractivity contribution in [1.29, 1.82) is 0 Å². The van der Waals surface area contributed by atoms with E-state index in [0.717, 1.165) is 5.56 Å². The summed E-state index contributed by atoms with van der Waals surface area (Å²) in [5.74, 6) is 0.318. The van der Waals surface area contributed by atoms with Crippen LogP contribution in [-0.2, 0) is 5.75 Å². The summed E-state index contributed by atoms with van der Waals surface area (Å²) in [6, 6.07) is 14.3. The highest BCUT2D eigenvalue weighted by Crippen LogP contribution is 2.28. The van der Waals surface area contributed by atoms with Gasteiger partial charge in [-0.1, -0.05) is 42.5 Å². The molecule has 0 fully saturated rings. The van der Waals surface area contributed by atoms with Gasteiger partial charge >= 0.3 is 0 Å². The number of halogens is 1. The number of hydrogen-bond donors (Lipinski definition) is 0. The van der Waals surface area contributed by atoms with Crippen LogP contribution < -0.4 is 0 Å². The van der Waals surface area contributed by atoms with Gasteiger partial charge in [0.1, 0.15) is 5.82 Å². The SMILES string of the molecule is O=Cc1cccc(F)c1SCc1ccccc1. The van der Waals surface area contributed by atoms with Gasteiger partial charge in [0.15, 0.2) is 6.29 Å². The van der Waals surface area contributed by atoms with Gasteiger partial charge in [0.2, 0.25) is 0 Å². The van der Waals surface area contributed by atoms with Gasteiger partial charge in [-0.05, 0) is 11.6 Å². The maximum atomic E-state index is 13.6. The third-order valence-corrected chi connectivity index (χ3v) is 3.55. The molecule has 0 aliphatic heterocycles. The third-order valence-electron chi connectivity index (χ3n) is 2.35. The highest BCUT2D eigenvalue weighted by atomic mass is 32.2. The Hall–Kier alpha value is -1.61. The maximum absolute atomic E-state index is 13.6. The molecule has 0 saturated heterocycles. The highest BCUT2D eigenvalue weighted by Gasteiger charge is 2.08. The Bertz CT molecular complexity index is 511. The molecular formula is C14H11FOS. The fourth-order valence-electron chi connectivity index (χ4n) is 1.50. The van der Waals surface area contributed by atoms with Crippen LogP contribution >= 0.6 is 11.8 Å². The molecule has 1 nitrogen and oxygen atoms in total. The van der Waals surface area contributed by atoms with Crippen molar-refractivity contribution in [1.82, 2.24) is 0 Å². The van der Waals surface area contributed by atoms with E-state index in [1.165, 1.54) is 17.8 Å². The molecule has 0 unspecified atom stereocenters. The van der Waals surface area contributed by atoms with Crippen molar-refractivity contribution < 1.29 is 9.18 Å². The number of thioether (sulfide) groups is 1. The summed E-state index contributed by atoms with van der Waals surface area (Å²) >= 11 is 1.35. The Morgan fingerprint density at radius 2 is 1.82 bits per heavy atom. The van der Waals surface area contributed by atoms with Crippen molar-refractivity contribution in [2.45, 2.75) is 10.6 Å². The van der Waals surface area contributed by atoms with Gasteiger partial charge in [0, 0.05) is 11.3 Å². The molecule has 0 spiro atoms. The maximum Gasteiger partial charge on any atom is 0.151 e. The van der Waals surface area contributed by atoms with Crippen molar-refractivity contribution >= 4 is 18.0 Å². The van der Waals surface area contributed by atoms with Crippen LogP contribution in [0.5, 0.6) is 0 Å². The Morgan fingerprint density at radius 3 is 2.53 bits per heavy atom. The van der Waals surface area contributed by atoms with Crippen molar-refractivity contribution in [3.05, 3.63) is 65.5 Å². The predicted octanol–water partition coefficient (Wildman–Crippen LogP) is 3.93. The molecule has 86 valence electrons. The first-order chi connectivity index (χ1) is 8.31. The molecule has 0 aromatic heterocycles. The molecule has 0 atom stereocenters. The summed E-state index contributed by atoms with van der Waals surface area (Å²) < 4.78 is 13.6. The fourth-order valence-corrected chi connectivity index (χ4v) is 2.49. The summed E-state index contributed by atoms with van der Waals surface area (Å²) in [5, 5.41) is 0. The molecule has 0 heterocycles. The van der Waals surface area contributed by atoms with E-state index in [0.29, 0.717) is 22.5 Å². The molecule has 0 aliphatic carbocycles. The smallest absolute Gasteiger partial charge is 0.151 e. The van der Waals surface area contributed by atoms with Gasteiger partial charge in [0.25, 0.3) is 0 Å². The van der Waals surface area contributed by atoms with Crippen LogP contribution in [0, 0.1) is 5.82 Å². The number of carbonyl (C=O) groups excluding carboxylic acids is 1. The monoisotopic (exact) mass is 246 g/mol. The Morgan fingerprint density at radius 1 is 1.06 bits per heavy atom. The third kappa shape index (κ3) is 2.94. The first kappa shape index (κ1) is 11.9. The minimum atomic E-state index is -0.337. The van der Waals surface area contributed by atoms with E-state index in [1.54, 1.807) is 12.1 Å². The minimum absolute atomic E-state index is 0.337. The van der Waals surface area contributed by atoms with Crippen molar-refractivity contribution in [3.63, 3.8) is 0 Å². The van der Waals surface area contributed by atoms with Crippen LogP contribution in [0.25, 0.3) is 0 Å². The highest BCUT2D eigenvalue weighted by molar-refractivity contribution is 7.98. The molecule has 2 aromatic rings. The van der Waals surface area contributed by atoms with Crippen LogP contribution in [0.1, 0.15) is 15.9 Å². The topological polar surface area (TPSA) is 17.1 Å². The lowest BCUT2D eigenvalue weighted by atomic mass is 10.2. The summed E-state index contributed by atoms with van der Waals surface area (Å²) in [6.07, 6.45) is 0.691. The lowest BCUT2D eigenvalue weighted by molar-refractivity contribution is 0.112. The molecule has 0 aliphatic rings. The minimum Gasteiger partial charge on any atom is -0.298 e. The Balaban J connectivity index is 2.16. The van der Waals surface area contributed by atoms with E-state index in [-0.39, 0.29) is 5.82 Å². The lowest BCUT2D eigenvalue weighted by Crippen LogP contribution is -1.90. The molecular weight excluding hydrogens is 235 g/mol. The standard InChI is InChI=1S/C14H11FOS/c15-13-8-4-7-12(9-16)14(13)17-10-11-5-2-1-3-6-11/h1-9H,10H2. The van der Waals surface area contributed by atoms with Crippen LogP contribution in [0.15, 0.2) is 53.4 Å². The van der Waals surface area contributed by atoms with Gasteiger partial charge in [0.05, 0.1) is 4.90 Å². The Kier molecular flexibility index (Phi) is 3.94. The number of hydrogen-bond acceptors (Lipinski definition) is 2. The zero-order valence-corrected chi connectivity index (χ0v) is 9.91. The number of carbonyl (C=O) groups is 1. The molecule has 0 radical (unpaired) electrons. The van der Waals surface area contributed by atoms with Crippen molar-refractivity contribution in [2.24, 2.45) is 0 Å². The second-order valence-corrected chi connectivity index (χ2v) is 4.54. The molecule has 0 bridgehead atoms. The summed E-state index contributed by atoms with van der Waals surface area (Å²) in [5.41, 5.74) is 1.52. The normalized spacial score (nSPS) is 10.2. The average molecular weight is 246 g/mol. The van der Waals surface area contributed by atoms with Gasteiger partial charge in [-0.2, -0.15) is 0 Å². The number of aldehydes is 1. The van der Waals surface area contributed by atoms with Crippen LogP contribution in [0.4, 0.5) is 4.39 Å². The molecule has 2 aromatic carbocycles. The zero-order chi connectivity index (χ0) is 12.1. The number of benzene rings is 2. The predicted molar refractivity (Wildman–Crippen MR) is 67.8 cm³/mol. The molecule has 17 heavy (non-hydrogen) atoms. The van der Waals surface area contributed by atoms with Gasteiger partial charge in [-0.3, -0.25) is 4.79 Å². The van der Waals surface area contributed by atoms with Crippen molar-refractivity contribution in [3.8, 4) is 0 Å². The van der Waals surface area contributed by atoms with Gasteiger partial charge in [-0.15, -0.1) is 11.8 Å². The Labute approximate surface area is 104 Å².